The normalized spacial score (nSPS) is 11.9. The molecule has 7 nitrogen and oxygen atoms in total. The largest absolute Gasteiger partial charge is 0.342 e. The Hall–Kier alpha value is -3.13. The number of hydrogen-bond acceptors (Lipinski definition) is 5. The van der Waals surface area contributed by atoms with E-state index in [1.807, 2.05) is 73.9 Å². The number of benzene rings is 2. The second kappa shape index (κ2) is 10.1. The van der Waals surface area contributed by atoms with Gasteiger partial charge in [-0.25, -0.2) is 0 Å². The fourth-order valence-corrected chi connectivity index (χ4v) is 3.82. The molecule has 0 saturated carbocycles. The van der Waals surface area contributed by atoms with Crippen LogP contribution in [0.1, 0.15) is 49.0 Å². The first-order chi connectivity index (χ1) is 14.5. The average molecular weight is 424 g/mol. The Labute approximate surface area is 180 Å². The molecular formula is C22H25N5O2S. The Kier molecular flexibility index (Phi) is 7.24. The molecule has 0 aliphatic heterocycles. The number of hydrogen-bond donors (Lipinski definition) is 2. The molecule has 30 heavy (non-hydrogen) atoms. The third kappa shape index (κ3) is 5.48. The third-order valence-electron chi connectivity index (χ3n) is 4.37. The third-order valence-corrected chi connectivity index (χ3v) is 5.31. The first-order valence-corrected chi connectivity index (χ1v) is 10.7. The standard InChI is InChI=1S/C22H25N5O2S/c1-15(2)27-20(16(3)23-21(29)17-10-6-4-7-11-17)25-26-22(27)30-14-19(28)24-18-12-8-5-9-13-18/h4-13,15-16H,14H2,1-3H3,(H,23,29)(H,24,28)/t16-/m1/s1. The summed E-state index contributed by atoms with van der Waals surface area (Å²) in [4.78, 5) is 24.7. The highest BCUT2D eigenvalue weighted by Crippen LogP contribution is 2.25. The van der Waals surface area contributed by atoms with Gasteiger partial charge >= 0.3 is 0 Å². The van der Waals surface area contributed by atoms with Gasteiger partial charge in [-0.1, -0.05) is 48.2 Å². The molecule has 0 fully saturated rings. The van der Waals surface area contributed by atoms with Crippen molar-refractivity contribution >= 4 is 29.3 Å². The zero-order valence-electron chi connectivity index (χ0n) is 17.2. The van der Waals surface area contributed by atoms with Crippen LogP contribution in [-0.4, -0.2) is 32.3 Å². The van der Waals surface area contributed by atoms with Crippen molar-refractivity contribution in [3.05, 3.63) is 72.1 Å². The second-order valence-electron chi connectivity index (χ2n) is 7.07. The predicted octanol–water partition coefficient (Wildman–Crippen LogP) is 4.08. The van der Waals surface area contributed by atoms with Gasteiger partial charge in [0.15, 0.2) is 11.0 Å². The van der Waals surface area contributed by atoms with E-state index in [1.165, 1.54) is 11.8 Å². The minimum atomic E-state index is -0.333. The molecule has 0 radical (unpaired) electrons. The minimum Gasteiger partial charge on any atom is -0.342 e. The zero-order valence-corrected chi connectivity index (χ0v) is 18.0. The molecule has 2 N–H and O–H groups in total. The number of carbonyl (C=O) groups is 2. The molecule has 0 aliphatic carbocycles. The first-order valence-electron chi connectivity index (χ1n) is 9.74. The van der Waals surface area contributed by atoms with Crippen LogP contribution in [0.25, 0.3) is 0 Å². The van der Waals surface area contributed by atoms with Gasteiger partial charge in [-0.05, 0) is 45.0 Å². The summed E-state index contributed by atoms with van der Waals surface area (Å²) < 4.78 is 1.95. The van der Waals surface area contributed by atoms with Crippen LogP contribution in [0.15, 0.2) is 65.8 Å². The zero-order chi connectivity index (χ0) is 21.5. The molecule has 156 valence electrons. The van der Waals surface area contributed by atoms with Gasteiger partial charge < -0.3 is 15.2 Å². The van der Waals surface area contributed by atoms with Crippen LogP contribution in [0.2, 0.25) is 0 Å². The van der Waals surface area contributed by atoms with E-state index >= 15 is 0 Å². The molecular weight excluding hydrogens is 398 g/mol. The quantitative estimate of drug-likeness (QED) is 0.533. The van der Waals surface area contributed by atoms with E-state index in [4.69, 9.17) is 0 Å². The SMILES string of the molecule is CC(C)n1c(SCC(=O)Nc2ccccc2)nnc1[C@@H](C)NC(=O)c1ccccc1. The highest BCUT2D eigenvalue weighted by atomic mass is 32.2. The van der Waals surface area contributed by atoms with Gasteiger partial charge in [0.1, 0.15) is 0 Å². The van der Waals surface area contributed by atoms with E-state index in [0.29, 0.717) is 16.5 Å². The maximum Gasteiger partial charge on any atom is 0.251 e. The second-order valence-corrected chi connectivity index (χ2v) is 8.01. The first kappa shape index (κ1) is 21.6. The minimum absolute atomic E-state index is 0.0748. The van der Waals surface area contributed by atoms with Crippen molar-refractivity contribution in [2.24, 2.45) is 0 Å². The Bertz CT molecular complexity index is 989. The molecule has 0 bridgehead atoms. The number of nitrogens with zero attached hydrogens (tertiary/aromatic N) is 3. The number of amides is 2. The molecule has 8 heteroatoms. The molecule has 1 aromatic heterocycles. The highest BCUT2D eigenvalue weighted by molar-refractivity contribution is 7.99. The molecule has 3 aromatic rings. The fraction of sp³-hybridized carbons (Fsp3) is 0.273. The van der Waals surface area contributed by atoms with Crippen LogP contribution in [0, 0.1) is 0 Å². The number of thioether (sulfide) groups is 1. The lowest BCUT2D eigenvalue weighted by Crippen LogP contribution is -2.29. The van der Waals surface area contributed by atoms with Crippen molar-refractivity contribution in [2.75, 3.05) is 11.1 Å². The summed E-state index contributed by atoms with van der Waals surface area (Å²) in [5.41, 5.74) is 1.35. The van der Waals surface area contributed by atoms with Crippen LogP contribution >= 0.6 is 11.8 Å². The number of anilines is 1. The summed E-state index contributed by atoms with van der Waals surface area (Å²) in [6, 6.07) is 18.1. The van der Waals surface area contributed by atoms with Gasteiger partial charge in [-0.3, -0.25) is 9.59 Å². The Morgan fingerprint density at radius 1 is 0.967 bits per heavy atom. The van der Waals surface area contributed by atoms with E-state index < -0.39 is 0 Å². The predicted molar refractivity (Wildman–Crippen MR) is 119 cm³/mol. The van der Waals surface area contributed by atoms with Crippen molar-refractivity contribution < 1.29 is 9.59 Å². The summed E-state index contributed by atoms with van der Waals surface area (Å²) >= 11 is 1.32. The van der Waals surface area contributed by atoms with Crippen LogP contribution in [-0.2, 0) is 4.79 Å². The summed E-state index contributed by atoms with van der Waals surface area (Å²) in [5.74, 6) is 0.583. The van der Waals surface area contributed by atoms with E-state index in [0.717, 1.165) is 5.69 Å². The number of carbonyl (C=O) groups excluding carboxylic acids is 2. The van der Waals surface area contributed by atoms with Gasteiger partial charge in [0.25, 0.3) is 5.91 Å². The van der Waals surface area contributed by atoms with Crippen molar-refractivity contribution in [3.63, 3.8) is 0 Å². The van der Waals surface area contributed by atoms with E-state index in [2.05, 4.69) is 20.8 Å². The van der Waals surface area contributed by atoms with Gasteiger partial charge in [0.2, 0.25) is 5.91 Å². The number of aromatic nitrogens is 3. The smallest absolute Gasteiger partial charge is 0.251 e. The summed E-state index contributed by atoms with van der Waals surface area (Å²) in [7, 11) is 0. The lowest BCUT2D eigenvalue weighted by molar-refractivity contribution is -0.113. The summed E-state index contributed by atoms with van der Waals surface area (Å²) in [5, 5.41) is 15.0. The monoisotopic (exact) mass is 423 g/mol. The molecule has 2 amide bonds. The summed E-state index contributed by atoms with van der Waals surface area (Å²) in [6.07, 6.45) is 0. The molecule has 0 aliphatic rings. The van der Waals surface area contributed by atoms with Gasteiger partial charge in [-0.15, -0.1) is 10.2 Å². The van der Waals surface area contributed by atoms with Gasteiger partial charge in [-0.2, -0.15) is 0 Å². The molecule has 1 atom stereocenters. The summed E-state index contributed by atoms with van der Waals surface area (Å²) in [6.45, 7) is 5.92. The van der Waals surface area contributed by atoms with Gasteiger partial charge in [0.05, 0.1) is 11.8 Å². The highest BCUT2D eigenvalue weighted by Gasteiger charge is 2.22. The Morgan fingerprint density at radius 2 is 1.60 bits per heavy atom. The van der Waals surface area contributed by atoms with Crippen LogP contribution < -0.4 is 10.6 Å². The fourth-order valence-electron chi connectivity index (χ4n) is 2.95. The lowest BCUT2D eigenvalue weighted by atomic mass is 10.2. The maximum absolute atomic E-state index is 12.5. The molecule has 0 spiro atoms. The van der Waals surface area contributed by atoms with Crippen LogP contribution in [0.5, 0.6) is 0 Å². The van der Waals surface area contributed by atoms with E-state index in [9.17, 15) is 9.59 Å². The van der Waals surface area contributed by atoms with E-state index in [-0.39, 0.29) is 29.7 Å². The Morgan fingerprint density at radius 3 is 2.23 bits per heavy atom. The van der Waals surface area contributed by atoms with E-state index in [1.54, 1.807) is 12.1 Å². The maximum atomic E-state index is 12.5. The Balaban J connectivity index is 1.67. The van der Waals surface area contributed by atoms with Crippen molar-refractivity contribution in [3.8, 4) is 0 Å². The van der Waals surface area contributed by atoms with Crippen molar-refractivity contribution in [1.82, 2.24) is 20.1 Å². The number of nitrogens with one attached hydrogen (secondary N) is 2. The molecule has 0 saturated heterocycles. The molecule has 2 aromatic carbocycles. The van der Waals surface area contributed by atoms with Gasteiger partial charge in [0, 0.05) is 17.3 Å². The number of rotatable bonds is 8. The lowest BCUT2D eigenvalue weighted by Gasteiger charge is -2.18. The topological polar surface area (TPSA) is 88.9 Å². The molecule has 0 unspecified atom stereocenters. The molecule has 3 rings (SSSR count). The van der Waals surface area contributed by atoms with Crippen molar-refractivity contribution in [1.29, 1.82) is 0 Å². The van der Waals surface area contributed by atoms with Crippen LogP contribution in [0.3, 0.4) is 0 Å². The van der Waals surface area contributed by atoms with Crippen molar-refractivity contribution in [2.45, 2.75) is 38.0 Å². The number of para-hydroxylation sites is 1. The molecule has 1 heterocycles. The average Bonchev–Trinajstić information content (AvgIpc) is 3.18. The van der Waals surface area contributed by atoms with Crippen LogP contribution in [0.4, 0.5) is 5.69 Å².